The summed E-state index contributed by atoms with van der Waals surface area (Å²) >= 11 is 0. The maximum Gasteiger partial charge on any atom is 0.234 e. The van der Waals surface area contributed by atoms with E-state index >= 15 is 0 Å². The molecular formula is C13H26N2O. The minimum Gasteiger partial charge on any atom is -0.353 e. The van der Waals surface area contributed by atoms with E-state index in [-0.39, 0.29) is 17.5 Å². The van der Waals surface area contributed by atoms with Gasteiger partial charge in [-0.3, -0.25) is 4.79 Å². The Morgan fingerprint density at radius 1 is 1.31 bits per heavy atom. The lowest BCUT2D eigenvalue weighted by Crippen LogP contribution is -2.49. The summed E-state index contributed by atoms with van der Waals surface area (Å²) in [4.78, 5) is 11.6. The van der Waals surface area contributed by atoms with E-state index in [4.69, 9.17) is 0 Å². The third kappa shape index (κ3) is 4.52. The molecule has 2 N–H and O–H groups in total. The van der Waals surface area contributed by atoms with Crippen LogP contribution in [0.3, 0.4) is 0 Å². The van der Waals surface area contributed by atoms with Gasteiger partial charge < -0.3 is 10.6 Å². The number of hydrogen-bond donors (Lipinski definition) is 2. The predicted octanol–water partition coefficient (Wildman–Crippen LogP) is 2.21. The van der Waals surface area contributed by atoms with Gasteiger partial charge in [0.25, 0.3) is 0 Å². The minimum absolute atomic E-state index is 0.126. The van der Waals surface area contributed by atoms with Gasteiger partial charge >= 0.3 is 0 Å². The molecule has 0 aromatic rings. The SMILES string of the molecule is CCC(C)NC(=O)CNC1(C)CCCCC1. The number of nitrogens with one attached hydrogen (secondary N) is 2. The Morgan fingerprint density at radius 2 is 1.94 bits per heavy atom. The fraction of sp³-hybridized carbons (Fsp3) is 0.923. The fourth-order valence-electron chi connectivity index (χ4n) is 2.23. The molecule has 3 nitrogen and oxygen atoms in total. The third-order valence-electron chi connectivity index (χ3n) is 3.65. The smallest absolute Gasteiger partial charge is 0.234 e. The Kier molecular flexibility index (Phi) is 5.26. The monoisotopic (exact) mass is 226 g/mol. The van der Waals surface area contributed by atoms with Gasteiger partial charge in [0.1, 0.15) is 0 Å². The molecule has 1 fully saturated rings. The molecule has 1 amide bonds. The maximum atomic E-state index is 11.6. The van der Waals surface area contributed by atoms with Crippen LogP contribution in [-0.4, -0.2) is 24.0 Å². The Hall–Kier alpha value is -0.570. The van der Waals surface area contributed by atoms with Crippen molar-refractivity contribution >= 4 is 5.91 Å². The van der Waals surface area contributed by atoms with Gasteiger partial charge in [0.05, 0.1) is 6.54 Å². The molecule has 0 heterocycles. The van der Waals surface area contributed by atoms with Gasteiger partial charge in [0.15, 0.2) is 0 Å². The molecule has 0 aromatic heterocycles. The molecule has 1 saturated carbocycles. The summed E-state index contributed by atoms with van der Waals surface area (Å²) < 4.78 is 0. The zero-order valence-electron chi connectivity index (χ0n) is 10.9. The first kappa shape index (κ1) is 13.5. The number of hydrogen-bond acceptors (Lipinski definition) is 2. The number of rotatable bonds is 5. The topological polar surface area (TPSA) is 41.1 Å². The summed E-state index contributed by atoms with van der Waals surface area (Å²) in [5.74, 6) is 0.126. The molecule has 1 aliphatic rings. The van der Waals surface area contributed by atoms with E-state index in [0.717, 1.165) is 6.42 Å². The largest absolute Gasteiger partial charge is 0.353 e. The van der Waals surface area contributed by atoms with E-state index < -0.39 is 0 Å². The van der Waals surface area contributed by atoms with Crippen LogP contribution in [0.2, 0.25) is 0 Å². The molecule has 1 atom stereocenters. The quantitative estimate of drug-likeness (QED) is 0.754. The van der Waals surface area contributed by atoms with Crippen LogP contribution in [0.5, 0.6) is 0 Å². The summed E-state index contributed by atoms with van der Waals surface area (Å²) in [6.45, 7) is 6.82. The summed E-state index contributed by atoms with van der Waals surface area (Å²) in [7, 11) is 0. The van der Waals surface area contributed by atoms with Gasteiger partial charge in [-0.15, -0.1) is 0 Å². The lowest BCUT2D eigenvalue weighted by molar-refractivity contribution is -0.121. The van der Waals surface area contributed by atoms with Gasteiger partial charge in [-0.2, -0.15) is 0 Å². The van der Waals surface area contributed by atoms with Crippen LogP contribution in [0.4, 0.5) is 0 Å². The molecule has 94 valence electrons. The third-order valence-corrected chi connectivity index (χ3v) is 3.65. The Morgan fingerprint density at radius 3 is 2.50 bits per heavy atom. The number of carbonyl (C=O) groups is 1. The van der Waals surface area contributed by atoms with Crippen molar-refractivity contribution in [3.63, 3.8) is 0 Å². The zero-order valence-corrected chi connectivity index (χ0v) is 10.9. The van der Waals surface area contributed by atoms with Gasteiger partial charge in [0, 0.05) is 11.6 Å². The van der Waals surface area contributed by atoms with E-state index in [0.29, 0.717) is 6.54 Å². The Bertz CT molecular complexity index is 222. The molecule has 0 aliphatic heterocycles. The second-order valence-corrected chi connectivity index (χ2v) is 5.35. The van der Waals surface area contributed by atoms with Crippen molar-refractivity contribution in [2.24, 2.45) is 0 Å². The highest BCUT2D eigenvalue weighted by Gasteiger charge is 2.26. The van der Waals surface area contributed by atoms with Crippen LogP contribution in [-0.2, 0) is 4.79 Å². The maximum absolute atomic E-state index is 11.6. The van der Waals surface area contributed by atoms with Crippen molar-refractivity contribution in [3.05, 3.63) is 0 Å². The van der Waals surface area contributed by atoms with Gasteiger partial charge in [-0.05, 0) is 33.1 Å². The fourth-order valence-corrected chi connectivity index (χ4v) is 2.23. The van der Waals surface area contributed by atoms with Gasteiger partial charge in [0.2, 0.25) is 5.91 Å². The Balaban J connectivity index is 2.24. The lowest BCUT2D eigenvalue weighted by atomic mass is 9.83. The molecule has 0 spiro atoms. The first-order valence-corrected chi connectivity index (χ1v) is 6.60. The van der Waals surface area contributed by atoms with Crippen molar-refractivity contribution in [1.29, 1.82) is 0 Å². The van der Waals surface area contributed by atoms with E-state index in [2.05, 4.69) is 24.5 Å². The van der Waals surface area contributed by atoms with Crippen molar-refractivity contribution < 1.29 is 4.79 Å². The highest BCUT2D eigenvalue weighted by atomic mass is 16.1. The second-order valence-electron chi connectivity index (χ2n) is 5.35. The van der Waals surface area contributed by atoms with Crippen molar-refractivity contribution in [2.45, 2.75) is 70.9 Å². The van der Waals surface area contributed by atoms with Crippen molar-refractivity contribution in [1.82, 2.24) is 10.6 Å². The standard InChI is InChI=1S/C13H26N2O/c1-4-11(2)15-12(16)10-14-13(3)8-6-5-7-9-13/h11,14H,4-10H2,1-3H3,(H,15,16). The first-order valence-electron chi connectivity index (χ1n) is 6.60. The van der Waals surface area contributed by atoms with Crippen LogP contribution in [0.15, 0.2) is 0 Å². The average Bonchev–Trinajstić information content (AvgIpc) is 2.27. The molecule has 16 heavy (non-hydrogen) atoms. The summed E-state index contributed by atoms with van der Waals surface area (Å²) in [6, 6.07) is 0.286. The Labute approximate surface area is 99.4 Å². The molecule has 1 aliphatic carbocycles. The molecule has 1 unspecified atom stereocenters. The average molecular weight is 226 g/mol. The normalized spacial score (nSPS) is 21.4. The minimum atomic E-state index is 0.126. The van der Waals surface area contributed by atoms with Crippen LogP contribution >= 0.6 is 0 Å². The second kappa shape index (κ2) is 6.24. The first-order chi connectivity index (χ1) is 7.56. The zero-order chi connectivity index (χ0) is 12.0. The number of carbonyl (C=O) groups excluding carboxylic acids is 1. The van der Waals surface area contributed by atoms with E-state index in [1.54, 1.807) is 0 Å². The molecule has 0 bridgehead atoms. The van der Waals surface area contributed by atoms with E-state index in [9.17, 15) is 4.79 Å². The number of amides is 1. The lowest BCUT2D eigenvalue weighted by Gasteiger charge is -2.34. The van der Waals surface area contributed by atoms with Gasteiger partial charge in [-0.1, -0.05) is 26.2 Å². The van der Waals surface area contributed by atoms with Crippen LogP contribution in [0.25, 0.3) is 0 Å². The summed E-state index contributed by atoms with van der Waals surface area (Å²) in [5, 5.41) is 6.40. The van der Waals surface area contributed by atoms with Gasteiger partial charge in [-0.25, -0.2) is 0 Å². The summed E-state index contributed by atoms with van der Waals surface area (Å²) in [6.07, 6.45) is 7.31. The van der Waals surface area contributed by atoms with Crippen LogP contribution in [0, 0.1) is 0 Å². The summed E-state index contributed by atoms with van der Waals surface area (Å²) in [5.41, 5.74) is 0.186. The molecule has 1 rings (SSSR count). The van der Waals surface area contributed by atoms with Crippen LogP contribution in [0.1, 0.15) is 59.3 Å². The van der Waals surface area contributed by atoms with Crippen LogP contribution < -0.4 is 10.6 Å². The van der Waals surface area contributed by atoms with Crippen molar-refractivity contribution in [3.8, 4) is 0 Å². The molecule has 0 aromatic carbocycles. The molecule has 3 heteroatoms. The van der Waals surface area contributed by atoms with E-state index in [1.807, 2.05) is 6.92 Å². The highest BCUT2D eigenvalue weighted by Crippen LogP contribution is 2.27. The predicted molar refractivity (Wildman–Crippen MR) is 67.4 cm³/mol. The molecular weight excluding hydrogens is 200 g/mol. The molecule has 0 saturated heterocycles. The van der Waals surface area contributed by atoms with Crippen molar-refractivity contribution in [2.75, 3.05) is 6.54 Å². The molecule has 0 radical (unpaired) electrons. The highest BCUT2D eigenvalue weighted by molar-refractivity contribution is 5.78. The van der Waals surface area contributed by atoms with E-state index in [1.165, 1.54) is 32.1 Å².